The van der Waals surface area contributed by atoms with Gasteiger partial charge in [0, 0.05) is 29.2 Å². The fraction of sp³-hybridized carbons (Fsp3) is 0.111. The monoisotopic (exact) mass is 457 g/mol. The van der Waals surface area contributed by atoms with Gasteiger partial charge in [-0.15, -0.1) is 0 Å². The molecule has 0 fully saturated rings. The van der Waals surface area contributed by atoms with Crippen LogP contribution in [0.5, 0.6) is 0 Å². The van der Waals surface area contributed by atoms with E-state index in [1.807, 2.05) is 30.5 Å². The molecule has 5 rings (SSSR count). The normalized spacial score (nSPS) is 11.1. The van der Waals surface area contributed by atoms with Crippen molar-refractivity contribution in [2.45, 2.75) is 13.1 Å². The number of halogens is 2. The Bertz CT molecular complexity index is 1470. The van der Waals surface area contributed by atoms with Crippen molar-refractivity contribution in [1.29, 1.82) is 0 Å². The summed E-state index contributed by atoms with van der Waals surface area (Å²) in [5.74, 6) is -1.13. The first kappa shape index (κ1) is 21.6. The highest BCUT2D eigenvalue weighted by Crippen LogP contribution is 2.32. The van der Waals surface area contributed by atoms with Crippen LogP contribution >= 0.6 is 0 Å². The lowest BCUT2D eigenvalue weighted by atomic mass is 10.1. The van der Waals surface area contributed by atoms with E-state index in [0.717, 1.165) is 33.3 Å². The molecule has 0 N–H and O–H groups in total. The van der Waals surface area contributed by atoms with Crippen LogP contribution in [0.4, 0.5) is 8.78 Å². The van der Waals surface area contributed by atoms with Crippen LogP contribution in [0, 0.1) is 11.6 Å². The first-order valence-corrected chi connectivity index (χ1v) is 10.7. The SMILES string of the molecule is COC(=O)c1cc(-c2cn(Cc3ccc(F)cc3)c3ccccc23)n(Cc2ccc(F)cc2)n1. The molecule has 5 nitrogen and oxygen atoms in total. The third-order valence-corrected chi connectivity index (χ3v) is 5.75. The maximum atomic E-state index is 13.4. The van der Waals surface area contributed by atoms with Gasteiger partial charge < -0.3 is 9.30 Å². The highest BCUT2D eigenvalue weighted by Gasteiger charge is 2.20. The minimum Gasteiger partial charge on any atom is -0.464 e. The Morgan fingerprint density at radius 2 is 1.50 bits per heavy atom. The number of ether oxygens (including phenoxy) is 1. The van der Waals surface area contributed by atoms with Crippen molar-refractivity contribution >= 4 is 16.9 Å². The smallest absolute Gasteiger partial charge is 0.358 e. The van der Waals surface area contributed by atoms with E-state index in [1.165, 1.54) is 31.4 Å². The number of hydrogen-bond donors (Lipinski definition) is 0. The molecule has 34 heavy (non-hydrogen) atoms. The Balaban J connectivity index is 1.62. The number of esters is 1. The van der Waals surface area contributed by atoms with Crippen LogP contribution in [0.1, 0.15) is 21.6 Å². The third-order valence-electron chi connectivity index (χ3n) is 5.75. The molecule has 0 aliphatic carbocycles. The van der Waals surface area contributed by atoms with Crippen LogP contribution < -0.4 is 0 Å². The van der Waals surface area contributed by atoms with E-state index >= 15 is 0 Å². The van der Waals surface area contributed by atoms with Crippen molar-refractivity contribution in [2.75, 3.05) is 7.11 Å². The third kappa shape index (κ3) is 4.20. The topological polar surface area (TPSA) is 49.0 Å². The summed E-state index contributed by atoms with van der Waals surface area (Å²) >= 11 is 0. The van der Waals surface area contributed by atoms with Crippen LogP contribution in [0.3, 0.4) is 0 Å². The number of para-hydroxylation sites is 1. The van der Waals surface area contributed by atoms with Crippen molar-refractivity contribution in [3.8, 4) is 11.3 Å². The maximum Gasteiger partial charge on any atom is 0.358 e. The second kappa shape index (κ2) is 8.94. The van der Waals surface area contributed by atoms with E-state index in [0.29, 0.717) is 13.1 Å². The van der Waals surface area contributed by atoms with Crippen LogP contribution in [0.15, 0.2) is 85.1 Å². The quantitative estimate of drug-likeness (QED) is 0.309. The number of rotatable bonds is 6. The zero-order chi connectivity index (χ0) is 23.7. The molecule has 0 saturated heterocycles. The van der Waals surface area contributed by atoms with Gasteiger partial charge in [0.25, 0.3) is 0 Å². The number of nitrogens with zero attached hydrogens (tertiary/aromatic N) is 3. The zero-order valence-corrected chi connectivity index (χ0v) is 18.4. The lowest BCUT2D eigenvalue weighted by Gasteiger charge is -2.07. The molecule has 0 unspecified atom stereocenters. The summed E-state index contributed by atoms with van der Waals surface area (Å²) in [7, 11) is 1.32. The summed E-state index contributed by atoms with van der Waals surface area (Å²) in [5.41, 5.74) is 4.62. The van der Waals surface area contributed by atoms with Gasteiger partial charge in [0.1, 0.15) is 11.6 Å². The van der Waals surface area contributed by atoms with Gasteiger partial charge in [-0.2, -0.15) is 5.10 Å². The van der Waals surface area contributed by atoms with Crippen LogP contribution in [-0.4, -0.2) is 27.4 Å². The van der Waals surface area contributed by atoms with Gasteiger partial charge in [0.05, 0.1) is 19.3 Å². The molecule has 0 aliphatic heterocycles. The van der Waals surface area contributed by atoms with Crippen molar-refractivity contribution in [2.24, 2.45) is 0 Å². The first-order chi connectivity index (χ1) is 16.5. The van der Waals surface area contributed by atoms with Crippen molar-refractivity contribution in [3.05, 3.63) is 114 Å². The molecule has 0 atom stereocenters. The molecule has 0 radical (unpaired) electrons. The van der Waals surface area contributed by atoms with E-state index in [-0.39, 0.29) is 17.3 Å². The predicted molar refractivity (Wildman–Crippen MR) is 126 cm³/mol. The van der Waals surface area contributed by atoms with E-state index in [9.17, 15) is 13.6 Å². The van der Waals surface area contributed by atoms with Gasteiger partial charge in [-0.1, -0.05) is 42.5 Å². The molecule has 2 aromatic heterocycles. The Morgan fingerprint density at radius 1 is 0.882 bits per heavy atom. The second-order valence-electron chi connectivity index (χ2n) is 8.00. The highest BCUT2D eigenvalue weighted by atomic mass is 19.1. The van der Waals surface area contributed by atoms with Crippen molar-refractivity contribution in [3.63, 3.8) is 0 Å². The molecule has 5 aromatic rings. The molecule has 0 spiro atoms. The van der Waals surface area contributed by atoms with Gasteiger partial charge in [0.15, 0.2) is 5.69 Å². The van der Waals surface area contributed by atoms with Crippen LogP contribution in [-0.2, 0) is 17.8 Å². The molecule has 0 bridgehead atoms. The molecular formula is C27H21F2N3O2. The fourth-order valence-electron chi connectivity index (χ4n) is 4.09. The van der Waals surface area contributed by atoms with Gasteiger partial charge in [-0.05, 0) is 47.5 Å². The number of benzene rings is 3. The minimum atomic E-state index is -0.533. The summed E-state index contributed by atoms with van der Waals surface area (Å²) in [6.07, 6.45) is 2.01. The van der Waals surface area contributed by atoms with E-state index in [4.69, 9.17) is 4.74 Å². The molecule has 7 heteroatoms. The average molecular weight is 457 g/mol. The molecule has 170 valence electrons. The average Bonchev–Trinajstić information content (AvgIpc) is 3.43. The molecule has 0 amide bonds. The number of fused-ring (bicyclic) bond motifs is 1. The van der Waals surface area contributed by atoms with Gasteiger partial charge in [-0.3, -0.25) is 4.68 Å². The van der Waals surface area contributed by atoms with E-state index < -0.39 is 5.97 Å². The summed E-state index contributed by atoms with van der Waals surface area (Å²) < 4.78 is 35.5. The minimum absolute atomic E-state index is 0.190. The number of carbonyl (C=O) groups is 1. The summed E-state index contributed by atoms with van der Waals surface area (Å²) in [5, 5.41) is 5.47. The summed E-state index contributed by atoms with van der Waals surface area (Å²) in [6, 6.07) is 22.2. The highest BCUT2D eigenvalue weighted by molar-refractivity contribution is 5.97. The Morgan fingerprint density at radius 3 is 2.15 bits per heavy atom. The maximum absolute atomic E-state index is 13.4. The van der Waals surface area contributed by atoms with Crippen LogP contribution in [0.25, 0.3) is 22.2 Å². The van der Waals surface area contributed by atoms with E-state index in [2.05, 4.69) is 9.67 Å². The summed E-state index contributed by atoms with van der Waals surface area (Å²) in [6.45, 7) is 0.904. The Hall–Kier alpha value is -4.26. The molecule has 2 heterocycles. The zero-order valence-electron chi connectivity index (χ0n) is 18.4. The largest absolute Gasteiger partial charge is 0.464 e. The Labute approximate surface area is 194 Å². The lowest BCUT2D eigenvalue weighted by molar-refractivity contribution is 0.0593. The second-order valence-corrected chi connectivity index (χ2v) is 8.00. The summed E-state index contributed by atoms with van der Waals surface area (Å²) in [4.78, 5) is 12.3. The fourth-order valence-corrected chi connectivity index (χ4v) is 4.09. The standard InChI is InChI=1S/C27H21F2N3O2/c1-34-27(33)24-14-26(32(30-24)16-19-8-12-21(29)13-9-19)23-17-31(25-5-3-2-4-22(23)25)15-18-6-10-20(28)11-7-18/h2-14,17H,15-16H2,1H3. The number of aromatic nitrogens is 3. The van der Waals surface area contributed by atoms with Gasteiger partial charge in [0.2, 0.25) is 0 Å². The number of hydrogen-bond acceptors (Lipinski definition) is 3. The molecule has 0 saturated carbocycles. The van der Waals surface area contributed by atoms with Crippen molar-refractivity contribution in [1.82, 2.24) is 14.3 Å². The first-order valence-electron chi connectivity index (χ1n) is 10.7. The predicted octanol–water partition coefficient (Wildman–Crippen LogP) is 5.67. The van der Waals surface area contributed by atoms with Crippen molar-refractivity contribution < 1.29 is 18.3 Å². The number of carbonyl (C=O) groups excluding carboxylic acids is 1. The molecule has 0 aliphatic rings. The lowest BCUT2D eigenvalue weighted by Crippen LogP contribution is -2.07. The molecular weight excluding hydrogens is 436 g/mol. The van der Waals surface area contributed by atoms with Gasteiger partial charge >= 0.3 is 5.97 Å². The van der Waals surface area contributed by atoms with Gasteiger partial charge in [-0.25, -0.2) is 13.6 Å². The Kier molecular flexibility index (Phi) is 5.67. The van der Waals surface area contributed by atoms with Crippen LogP contribution in [0.2, 0.25) is 0 Å². The molecule has 3 aromatic carbocycles. The van der Waals surface area contributed by atoms with E-state index in [1.54, 1.807) is 35.0 Å². The number of methoxy groups -OCH3 is 1.